The van der Waals surface area contributed by atoms with E-state index in [1.165, 1.54) is 11.6 Å². The van der Waals surface area contributed by atoms with Gasteiger partial charge in [-0.3, -0.25) is 9.78 Å². The molecule has 0 spiro atoms. The van der Waals surface area contributed by atoms with E-state index in [-0.39, 0.29) is 11.5 Å². The van der Waals surface area contributed by atoms with E-state index < -0.39 is 0 Å². The van der Waals surface area contributed by atoms with Crippen molar-refractivity contribution >= 4 is 12.2 Å². The molecule has 1 heterocycles. The van der Waals surface area contributed by atoms with Crippen LogP contribution in [0.5, 0.6) is 5.75 Å². The van der Waals surface area contributed by atoms with Crippen LogP contribution in [0.4, 0.5) is 5.95 Å². The number of aromatic amines is 1. The number of H-pyrrole nitrogens is 1. The summed E-state index contributed by atoms with van der Waals surface area (Å²) in [6.45, 7) is 2.59. The van der Waals surface area contributed by atoms with Crippen LogP contribution in [0.3, 0.4) is 0 Å². The molecule has 6 heteroatoms. The molecule has 0 unspecified atom stereocenters. The molecule has 154 valence electrons. The van der Waals surface area contributed by atoms with Crippen LogP contribution in [0.1, 0.15) is 16.7 Å². The molecule has 0 amide bonds. The van der Waals surface area contributed by atoms with Crippen LogP contribution >= 0.6 is 0 Å². The highest BCUT2D eigenvalue weighted by Crippen LogP contribution is 2.16. The smallest absolute Gasteiger partial charge is 0.252 e. The van der Waals surface area contributed by atoms with E-state index in [4.69, 9.17) is 4.74 Å². The zero-order valence-electron chi connectivity index (χ0n) is 17.1. The van der Waals surface area contributed by atoms with E-state index >= 15 is 0 Å². The number of nitrogens with zero attached hydrogens (tertiary/aromatic N) is 2. The molecule has 0 saturated carbocycles. The summed E-state index contributed by atoms with van der Waals surface area (Å²) in [5.74, 6) is 1.06. The van der Waals surface area contributed by atoms with E-state index in [0.29, 0.717) is 12.3 Å². The van der Waals surface area contributed by atoms with Gasteiger partial charge in [-0.25, -0.2) is 10.4 Å². The Morgan fingerprint density at radius 1 is 1.00 bits per heavy atom. The number of hydrogen-bond donors (Lipinski definition) is 2. The first kappa shape index (κ1) is 20.1. The number of hydrogen-bond acceptors (Lipinski definition) is 5. The Balaban J connectivity index is 1.37. The number of rotatable bonds is 7. The predicted molar refractivity (Wildman–Crippen MR) is 123 cm³/mol. The Kier molecular flexibility index (Phi) is 6.18. The average molecular weight is 410 g/mol. The van der Waals surface area contributed by atoms with Crippen molar-refractivity contribution in [1.29, 1.82) is 0 Å². The monoisotopic (exact) mass is 410 g/mol. The maximum atomic E-state index is 11.9. The van der Waals surface area contributed by atoms with Gasteiger partial charge in [-0.05, 0) is 42.3 Å². The molecule has 0 bridgehead atoms. The summed E-state index contributed by atoms with van der Waals surface area (Å²) in [6.07, 6.45) is 1.65. The second kappa shape index (κ2) is 9.54. The highest BCUT2D eigenvalue weighted by molar-refractivity contribution is 5.80. The van der Waals surface area contributed by atoms with Gasteiger partial charge in [0.2, 0.25) is 5.95 Å². The molecule has 1 aromatic heterocycles. The third-order valence-corrected chi connectivity index (χ3v) is 4.56. The summed E-state index contributed by atoms with van der Waals surface area (Å²) in [6, 6.07) is 26.8. The molecule has 0 aliphatic carbocycles. The summed E-state index contributed by atoms with van der Waals surface area (Å²) in [5.41, 5.74) is 7.21. The molecule has 2 N–H and O–H groups in total. The second-order valence-electron chi connectivity index (χ2n) is 7.06. The quantitative estimate of drug-likeness (QED) is 0.340. The minimum absolute atomic E-state index is 0.248. The standard InChI is InChI=1S/C25H22N4O2/c1-18-6-5-7-20(14-18)17-31-22-12-10-19(11-13-22)16-26-29-25-27-23(15-24(30)28-25)21-8-3-2-4-9-21/h2-16H,17H2,1H3,(H2,27,28,29,30)/b26-16+. The molecule has 0 fully saturated rings. The molecule has 4 rings (SSSR count). The lowest BCUT2D eigenvalue weighted by Gasteiger charge is -2.07. The molecular weight excluding hydrogens is 388 g/mol. The fourth-order valence-corrected chi connectivity index (χ4v) is 3.05. The number of nitrogens with one attached hydrogen (secondary N) is 2. The molecule has 0 saturated heterocycles. The molecule has 31 heavy (non-hydrogen) atoms. The minimum Gasteiger partial charge on any atom is -0.489 e. The zero-order valence-corrected chi connectivity index (χ0v) is 17.1. The van der Waals surface area contributed by atoms with Crippen molar-refractivity contribution in [3.63, 3.8) is 0 Å². The highest BCUT2D eigenvalue weighted by atomic mass is 16.5. The number of aromatic nitrogens is 2. The molecule has 4 aromatic rings. The van der Waals surface area contributed by atoms with Gasteiger partial charge < -0.3 is 4.74 Å². The summed E-state index contributed by atoms with van der Waals surface area (Å²) in [7, 11) is 0. The van der Waals surface area contributed by atoms with Crippen molar-refractivity contribution < 1.29 is 4.74 Å². The Morgan fingerprint density at radius 2 is 1.81 bits per heavy atom. The normalized spacial score (nSPS) is 10.9. The van der Waals surface area contributed by atoms with E-state index in [1.807, 2.05) is 66.7 Å². The van der Waals surface area contributed by atoms with E-state index in [1.54, 1.807) is 6.21 Å². The first-order chi connectivity index (χ1) is 15.2. The number of benzene rings is 3. The third-order valence-electron chi connectivity index (χ3n) is 4.56. The van der Waals surface area contributed by atoms with E-state index in [2.05, 4.69) is 39.6 Å². The van der Waals surface area contributed by atoms with Gasteiger partial charge in [-0.1, -0.05) is 60.2 Å². The molecular formula is C25H22N4O2. The molecule has 0 aliphatic heterocycles. The van der Waals surface area contributed by atoms with Crippen LogP contribution in [0, 0.1) is 6.92 Å². The SMILES string of the molecule is Cc1cccc(COc2ccc(/C=N/Nc3nc(-c4ccccc4)cc(=O)[nH]3)cc2)c1. The van der Waals surface area contributed by atoms with Crippen LogP contribution in [0.2, 0.25) is 0 Å². The fourth-order valence-electron chi connectivity index (χ4n) is 3.05. The third kappa shape index (κ3) is 5.67. The molecule has 0 aliphatic rings. The van der Waals surface area contributed by atoms with Crippen molar-refractivity contribution in [3.8, 4) is 17.0 Å². The molecule has 0 radical (unpaired) electrons. The summed E-state index contributed by atoms with van der Waals surface area (Å²) in [5, 5.41) is 4.17. The number of aryl methyl sites for hydroxylation is 1. The van der Waals surface area contributed by atoms with Gasteiger partial charge in [0.25, 0.3) is 5.56 Å². The Labute approximate surface area is 180 Å². The Hall–Kier alpha value is -4.19. The second-order valence-corrected chi connectivity index (χ2v) is 7.06. The number of anilines is 1. The summed E-state index contributed by atoms with van der Waals surface area (Å²) in [4.78, 5) is 19.0. The van der Waals surface area contributed by atoms with Gasteiger partial charge in [0, 0.05) is 11.6 Å². The van der Waals surface area contributed by atoms with Crippen LogP contribution in [-0.2, 0) is 6.61 Å². The van der Waals surface area contributed by atoms with Gasteiger partial charge in [-0.2, -0.15) is 5.10 Å². The summed E-state index contributed by atoms with van der Waals surface area (Å²) < 4.78 is 5.83. The van der Waals surface area contributed by atoms with E-state index in [9.17, 15) is 4.79 Å². The minimum atomic E-state index is -0.248. The van der Waals surface area contributed by atoms with Crippen LogP contribution < -0.4 is 15.7 Å². The maximum Gasteiger partial charge on any atom is 0.252 e. The van der Waals surface area contributed by atoms with Crippen molar-refractivity contribution in [3.05, 3.63) is 112 Å². The lowest BCUT2D eigenvalue weighted by molar-refractivity contribution is 0.306. The van der Waals surface area contributed by atoms with Crippen molar-refractivity contribution in [2.45, 2.75) is 13.5 Å². The van der Waals surface area contributed by atoms with E-state index in [0.717, 1.165) is 22.4 Å². The van der Waals surface area contributed by atoms with Gasteiger partial charge in [0.1, 0.15) is 12.4 Å². The van der Waals surface area contributed by atoms with Crippen LogP contribution in [0.15, 0.2) is 94.8 Å². The maximum absolute atomic E-state index is 11.9. The Bertz CT molecular complexity index is 1230. The largest absolute Gasteiger partial charge is 0.489 e. The van der Waals surface area contributed by atoms with Crippen molar-refractivity contribution in [2.24, 2.45) is 5.10 Å². The summed E-state index contributed by atoms with van der Waals surface area (Å²) >= 11 is 0. The van der Waals surface area contributed by atoms with Crippen molar-refractivity contribution in [2.75, 3.05) is 5.43 Å². The van der Waals surface area contributed by atoms with Gasteiger partial charge in [0.15, 0.2) is 0 Å². The highest BCUT2D eigenvalue weighted by Gasteiger charge is 2.03. The molecule has 0 atom stereocenters. The van der Waals surface area contributed by atoms with Crippen LogP contribution in [-0.4, -0.2) is 16.2 Å². The average Bonchev–Trinajstić information content (AvgIpc) is 2.79. The molecule has 3 aromatic carbocycles. The topological polar surface area (TPSA) is 79.4 Å². The zero-order chi connectivity index (χ0) is 21.5. The Morgan fingerprint density at radius 3 is 2.58 bits per heavy atom. The van der Waals surface area contributed by atoms with Gasteiger partial charge >= 0.3 is 0 Å². The number of ether oxygens (including phenoxy) is 1. The van der Waals surface area contributed by atoms with Gasteiger partial charge in [-0.15, -0.1) is 0 Å². The lowest BCUT2D eigenvalue weighted by atomic mass is 10.1. The van der Waals surface area contributed by atoms with Crippen molar-refractivity contribution in [1.82, 2.24) is 9.97 Å². The van der Waals surface area contributed by atoms with Crippen LogP contribution in [0.25, 0.3) is 11.3 Å². The number of hydrazone groups is 1. The predicted octanol–water partition coefficient (Wildman–Crippen LogP) is 4.77. The van der Waals surface area contributed by atoms with Gasteiger partial charge in [0.05, 0.1) is 11.9 Å². The first-order valence-corrected chi connectivity index (χ1v) is 9.90. The first-order valence-electron chi connectivity index (χ1n) is 9.90. The fraction of sp³-hybridized carbons (Fsp3) is 0.0800. The molecule has 6 nitrogen and oxygen atoms in total. The lowest BCUT2D eigenvalue weighted by Crippen LogP contribution is -2.10.